The third-order valence-electron chi connectivity index (χ3n) is 9.07. The molecule has 0 saturated heterocycles. The van der Waals surface area contributed by atoms with Crippen LogP contribution in [0.3, 0.4) is 0 Å². The van der Waals surface area contributed by atoms with E-state index in [1.807, 2.05) is 7.11 Å². The van der Waals surface area contributed by atoms with Gasteiger partial charge in [-0.25, -0.2) is 0 Å². The van der Waals surface area contributed by atoms with Gasteiger partial charge < -0.3 is 9.84 Å². The molecule has 4 aliphatic rings. The van der Waals surface area contributed by atoms with Crippen molar-refractivity contribution in [1.29, 1.82) is 0 Å². The molecular weight excluding hydrogens is 300 g/mol. The lowest BCUT2D eigenvalue weighted by Crippen LogP contribution is -2.60. The number of methoxy groups -OCH3 is 1. The van der Waals surface area contributed by atoms with Crippen LogP contribution in [0.15, 0.2) is 0 Å². The fourth-order valence-electron chi connectivity index (χ4n) is 7.50. The number of Topliss-reactive ketones (excluding diaryl/α,β-unsaturated/α-hetero) is 1. The molecule has 3 heteroatoms. The summed E-state index contributed by atoms with van der Waals surface area (Å²) in [6.45, 7) is 6.83. The minimum atomic E-state index is -0.307. The maximum absolute atomic E-state index is 12.5. The van der Waals surface area contributed by atoms with E-state index < -0.39 is 0 Å². The standard InChI is InChI=1S/C21H34O3/c1-19(24-4)9-10-20(2)13(11-19)5-6-14-15-7-8-17(23)21(15,3)12-16(22)18(14)20/h13-16,18,22H,5-12H2,1-4H3/t13-,14+,15+,16-,18-,19?,20+,21+/m1/s1. The van der Waals surface area contributed by atoms with Crippen LogP contribution in [0.25, 0.3) is 0 Å². The predicted octanol–water partition coefficient (Wildman–Crippen LogP) is 3.97. The van der Waals surface area contributed by atoms with E-state index in [9.17, 15) is 9.90 Å². The van der Waals surface area contributed by atoms with Gasteiger partial charge in [-0.15, -0.1) is 0 Å². The number of rotatable bonds is 1. The van der Waals surface area contributed by atoms with Crippen LogP contribution in [0.4, 0.5) is 0 Å². The molecule has 4 fully saturated rings. The molecule has 1 unspecified atom stereocenters. The summed E-state index contributed by atoms with van der Waals surface area (Å²) in [4.78, 5) is 12.5. The van der Waals surface area contributed by atoms with Crippen molar-refractivity contribution in [2.24, 2.45) is 34.5 Å². The van der Waals surface area contributed by atoms with Crippen molar-refractivity contribution in [2.45, 2.75) is 83.8 Å². The van der Waals surface area contributed by atoms with Crippen molar-refractivity contribution in [2.75, 3.05) is 7.11 Å². The zero-order valence-electron chi connectivity index (χ0n) is 15.8. The molecule has 0 aliphatic heterocycles. The van der Waals surface area contributed by atoms with Gasteiger partial charge in [0.1, 0.15) is 5.78 Å². The van der Waals surface area contributed by atoms with Gasteiger partial charge in [-0.3, -0.25) is 4.79 Å². The summed E-state index contributed by atoms with van der Waals surface area (Å²) in [5.41, 5.74) is -0.0265. The average Bonchev–Trinajstić information content (AvgIpc) is 2.83. The number of aliphatic hydroxyl groups is 1. The number of carbonyl (C=O) groups is 1. The second kappa shape index (κ2) is 5.30. The minimum absolute atomic E-state index is 0.00840. The van der Waals surface area contributed by atoms with Gasteiger partial charge in [0.25, 0.3) is 0 Å². The highest BCUT2D eigenvalue weighted by Crippen LogP contribution is 2.66. The van der Waals surface area contributed by atoms with Gasteiger partial charge in [-0.1, -0.05) is 13.8 Å². The fourth-order valence-corrected chi connectivity index (χ4v) is 7.50. The Balaban J connectivity index is 1.66. The first kappa shape index (κ1) is 17.0. The number of ether oxygens (including phenoxy) is 1. The Morgan fingerprint density at radius 3 is 2.54 bits per heavy atom. The zero-order chi connectivity index (χ0) is 17.3. The Kier molecular flexibility index (Phi) is 3.76. The van der Waals surface area contributed by atoms with E-state index in [0.29, 0.717) is 35.9 Å². The number of fused-ring (bicyclic) bond motifs is 5. The number of aliphatic hydroxyl groups excluding tert-OH is 1. The largest absolute Gasteiger partial charge is 0.393 e. The summed E-state index contributed by atoms with van der Waals surface area (Å²) in [5.74, 6) is 2.48. The van der Waals surface area contributed by atoms with E-state index in [1.54, 1.807) is 0 Å². The molecule has 4 saturated carbocycles. The molecule has 0 amide bonds. The highest BCUT2D eigenvalue weighted by molar-refractivity contribution is 5.87. The van der Waals surface area contributed by atoms with Crippen LogP contribution < -0.4 is 0 Å². The van der Waals surface area contributed by atoms with Crippen LogP contribution in [-0.2, 0) is 9.53 Å². The molecule has 24 heavy (non-hydrogen) atoms. The molecule has 0 spiro atoms. The van der Waals surface area contributed by atoms with Crippen molar-refractivity contribution in [3.8, 4) is 0 Å². The van der Waals surface area contributed by atoms with E-state index >= 15 is 0 Å². The third kappa shape index (κ3) is 2.13. The first-order chi connectivity index (χ1) is 11.2. The van der Waals surface area contributed by atoms with E-state index in [4.69, 9.17) is 4.74 Å². The molecule has 8 atom stereocenters. The number of ketones is 1. The Bertz CT molecular complexity index is 545. The highest BCUT2D eigenvalue weighted by Gasteiger charge is 2.63. The van der Waals surface area contributed by atoms with Crippen molar-refractivity contribution in [3.63, 3.8) is 0 Å². The molecule has 0 aromatic rings. The zero-order valence-corrected chi connectivity index (χ0v) is 15.8. The lowest BCUT2D eigenvalue weighted by atomic mass is 9.43. The molecule has 0 aromatic heterocycles. The monoisotopic (exact) mass is 334 g/mol. The molecule has 1 N–H and O–H groups in total. The summed E-state index contributed by atoms with van der Waals surface area (Å²) < 4.78 is 5.83. The van der Waals surface area contributed by atoms with Crippen molar-refractivity contribution in [3.05, 3.63) is 0 Å². The summed E-state index contributed by atoms with van der Waals surface area (Å²) in [6.07, 6.45) is 7.97. The SMILES string of the molecule is COC1(C)CC[C@@]2(C)[C@H](CC[C@@H]3[C@@H]2[C@H](O)C[C@]2(C)C(=O)CC[C@@H]32)C1. The lowest BCUT2D eigenvalue weighted by molar-refractivity contribution is -0.188. The van der Waals surface area contributed by atoms with E-state index in [1.165, 1.54) is 12.8 Å². The fraction of sp³-hybridized carbons (Fsp3) is 0.952. The lowest BCUT2D eigenvalue weighted by Gasteiger charge is -2.62. The molecule has 0 heterocycles. The molecule has 0 radical (unpaired) electrons. The Hall–Kier alpha value is -0.410. The molecule has 4 rings (SSSR count). The summed E-state index contributed by atoms with van der Waals surface area (Å²) in [5, 5.41) is 11.1. The minimum Gasteiger partial charge on any atom is -0.393 e. The summed E-state index contributed by atoms with van der Waals surface area (Å²) in [6, 6.07) is 0. The smallest absolute Gasteiger partial charge is 0.139 e. The van der Waals surface area contributed by atoms with Gasteiger partial charge >= 0.3 is 0 Å². The maximum Gasteiger partial charge on any atom is 0.139 e. The van der Waals surface area contributed by atoms with Crippen LogP contribution in [0.1, 0.15) is 72.1 Å². The van der Waals surface area contributed by atoms with Gasteiger partial charge in [-0.2, -0.15) is 0 Å². The molecule has 136 valence electrons. The second-order valence-corrected chi connectivity index (χ2v) is 10.1. The molecular formula is C21H34O3. The van der Waals surface area contributed by atoms with Crippen molar-refractivity contribution >= 4 is 5.78 Å². The summed E-state index contributed by atoms with van der Waals surface area (Å²) >= 11 is 0. The highest BCUT2D eigenvalue weighted by atomic mass is 16.5. The van der Waals surface area contributed by atoms with E-state index in [0.717, 1.165) is 32.1 Å². The van der Waals surface area contributed by atoms with E-state index in [2.05, 4.69) is 20.8 Å². The van der Waals surface area contributed by atoms with Gasteiger partial charge in [0.05, 0.1) is 11.7 Å². The first-order valence-electron chi connectivity index (χ1n) is 10.00. The quantitative estimate of drug-likeness (QED) is 0.789. The first-order valence-corrected chi connectivity index (χ1v) is 10.00. The van der Waals surface area contributed by atoms with Crippen LogP contribution in [-0.4, -0.2) is 29.7 Å². The Morgan fingerprint density at radius 1 is 1.08 bits per heavy atom. The Morgan fingerprint density at radius 2 is 1.83 bits per heavy atom. The number of hydrogen-bond donors (Lipinski definition) is 1. The molecule has 3 nitrogen and oxygen atoms in total. The van der Waals surface area contributed by atoms with Crippen LogP contribution in [0.5, 0.6) is 0 Å². The number of hydrogen-bond acceptors (Lipinski definition) is 3. The molecule has 4 aliphatic carbocycles. The number of carbonyl (C=O) groups excluding carboxylic acids is 1. The van der Waals surface area contributed by atoms with Gasteiger partial charge in [0.15, 0.2) is 0 Å². The van der Waals surface area contributed by atoms with Gasteiger partial charge in [0, 0.05) is 18.9 Å². The van der Waals surface area contributed by atoms with Gasteiger partial charge in [-0.05, 0) is 81.0 Å². The normalized spacial score (nSPS) is 57.2. The average molecular weight is 335 g/mol. The third-order valence-corrected chi connectivity index (χ3v) is 9.07. The van der Waals surface area contributed by atoms with Gasteiger partial charge in [0.2, 0.25) is 0 Å². The Labute approximate surface area is 146 Å². The topological polar surface area (TPSA) is 46.5 Å². The summed E-state index contributed by atoms with van der Waals surface area (Å²) in [7, 11) is 1.85. The van der Waals surface area contributed by atoms with Crippen LogP contribution >= 0.6 is 0 Å². The van der Waals surface area contributed by atoms with Crippen molar-refractivity contribution in [1.82, 2.24) is 0 Å². The molecule has 0 aromatic carbocycles. The van der Waals surface area contributed by atoms with Crippen LogP contribution in [0.2, 0.25) is 0 Å². The second-order valence-electron chi connectivity index (χ2n) is 10.1. The predicted molar refractivity (Wildman–Crippen MR) is 93.5 cm³/mol. The molecule has 0 bridgehead atoms. The van der Waals surface area contributed by atoms with E-state index in [-0.39, 0.29) is 22.5 Å². The van der Waals surface area contributed by atoms with Crippen LogP contribution in [0, 0.1) is 34.5 Å². The maximum atomic E-state index is 12.5. The van der Waals surface area contributed by atoms with Crippen molar-refractivity contribution < 1.29 is 14.6 Å².